The van der Waals surface area contributed by atoms with Gasteiger partial charge < -0.3 is 9.64 Å². The summed E-state index contributed by atoms with van der Waals surface area (Å²) in [5, 5.41) is 0. The molecular formula is C14H16N5O4S. The molecule has 0 saturated carbocycles. The maximum atomic E-state index is 10.7. The Kier molecular flexibility index (Phi) is 5.30. The fraction of sp³-hybridized carbons (Fsp3) is 0.357. The molecule has 24 heavy (non-hydrogen) atoms. The van der Waals surface area contributed by atoms with E-state index >= 15 is 0 Å². The molecule has 2 aromatic rings. The van der Waals surface area contributed by atoms with Crippen molar-refractivity contribution in [3.63, 3.8) is 0 Å². The van der Waals surface area contributed by atoms with Crippen LogP contribution in [0.4, 0.5) is 5.95 Å². The molecule has 0 bridgehead atoms. The minimum absolute atomic E-state index is 0.274. The minimum Gasteiger partial charge on any atom is -0.378 e. The normalized spacial score (nSPS) is 16.3. The number of nitrogens with two attached hydrogens (primary N) is 1. The highest BCUT2D eigenvalue weighted by Crippen LogP contribution is 2.25. The maximum Gasteiger partial charge on any atom is 0.259 e. The topological polar surface area (TPSA) is 121 Å². The van der Waals surface area contributed by atoms with Gasteiger partial charge in [-0.25, -0.2) is 22.6 Å². The monoisotopic (exact) mass is 350 g/mol. The first kappa shape index (κ1) is 16.7. The molecule has 1 atom stereocenters. The Morgan fingerprint density at radius 3 is 2.79 bits per heavy atom. The van der Waals surface area contributed by atoms with Gasteiger partial charge >= 0.3 is 0 Å². The molecule has 10 heteroatoms. The Labute approximate surface area is 140 Å². The van der Waals surface area contributed by atoms with E-state index in [0.717, 1.165) is 13.1 Å². The van der Waals surface area contributed by atoms with Gasteiger partial charge in [0.1, 0.15) is 6.20 Å². The van der Waals surface area contributed by atoms with E-state index in [2.05, 4.69) is 25.3 Å². The summed E-state index contributed by atoms with van der Waals surface area (Å²) in [6.07, 6.45) is 4.81. The third kappa shape index (κ3) is 3.85. The Morgan fingerprint density at radius 1 is 1.33 bits per heavy atom. The fourth-order valence-electron chi connectivity index (χ4n) is 2.35. The predicted molar refractivity (Wildman–Crippen MR) is 85.5 cm³/mol. The number of pyridine rings is 1. The first-order valence-corrected chi connectivity index (χ1v) is 8.34. The average molecular weight is 350 g/mol. The van der Waals surface area contributed by atoms with Crippen LogP contribution in [0.3, 0.4) is 0 Å². The number of morpholine rings is 1. The van der Waals surface area contributed by atoms with Gasteiger partial charge in [-0.05, 0) is 6.07 Å². The number of aromatic nitrogens is 3. The van der Waals surface area contributed by atoms with Crippen LogP contribution in [0.1, 0.15) is 11.9 Å². The Balaban J connectivity index is 1.86. The second-order valence-corrected chi connectivity index (χ2v) is 5.64. The highest BCUT2D eigenvalue weighted by Gasteiger charge is 2.18. The van der Waals surface area contributed by atoms with Gasteiger partial charge in [0.25, 0.3) is 11.0 Å². The highest BCUT2D eigenvalue weighted by molar-refractivity contribution is 7.67. The van der Waals surface area contributed by atoms with Crippen molar-refractivity contribution in [2.75, 3.05) is 31.2 Å². The van der Waals surface area contributed by atoms with Crippen molar-refractivity contribution in [1.29, 1.82) is 0 Å². The first-order chi connectivity index (χ1) is 11.6. The number of thiol groups is 1. The van der Waals surface area contributed by atoms with Crippen LogP contribution >= 0.6 is 0 Å². The first-order valence-electron chi connectivity index (χ1n) is 7.24. The van der Waals surface area contributed by atoms with Crippen molar-refractivity contribution >= 4 is 16.9 Å². The summed E-state index contributed by atoms with van der Waals surface area (Å²) in [4.78, 5) is 14.7. The second-order valence-electron chi connectivity index (χ2n) is 4.98. The van der Waals surface area contributed by atoms with Crippen molar-refractivity contribution in [2.45, 2.75) is 6.23 Å². The molecule has 1 aliphatic heterocycles. The third-order valence-electron chi connectivity index (χ3n) is 3.48. The molecule has 2 N–H and O–H groups in total. The molecule has 1 aliphatic rings. The molecule has 1 saturated heterocycles. The van der Waals surface area contributed by atoms with Gasteiger partial charge in [0.2, 0.25) is 5.95 Å². The summed E-state index contributed by atoms with van der Waals surface area (Å²) in [6.45, 7) is 2.72. The molecule has 0 amide bonds. The van der Waals surface area contributed by atoms with Crippen LogP contribution in [-0.4, -0.2) is 49.7 Å². The van der Waals surface area contributed by atoms with Gasteiger partial charge in [-0.15, -0.1) is 0 Å². The van der Waals surface area contributed by atoms with Crippen molar-refractivity contribution in [3.8, 4) is 11.1 Å². The number of anilines is 1. The third-order valence-corrected chi connectivity index (χ3v) is 3.88. The largest absolute Gasteiger partial charge is 0.378 e. The standard InChI is InChI=1S/C14H16N5O4S/c15-13(23-24(20)21)12-11(2-1-3-16-12)10-8-17-14(18-9-10)19-4-6-22-7-5-19/h1-3,8,13,24H,4-7,15H2. The van der Waals surface area contributed by atoms with E-state index in [9.17, 15) is 8.42 Å². The zero-order valence-corrected chi connectivity index (χ0v) is 13.6. The van der Waals surface area contributed by atoms with Crippen molar-refractivity contribution in [2.24, 2.45) is 5.73 Å². The van der Waals surface area contributed by atoms with E-state index in [1.54, 1.807) is 18.3 Å². The van der Waals surface area contributed by atoms with Gasteiger partial charge in [-0.2, -0.15) is 0 Å². The van der Waals surface area contributed by atoms with Crippen molar-refractivity contribution in [1.82, 2.24) is 15.0 Å². The summed E-state index contributed by atoms with van der Waals surface area (Å²) < 4.78 is 31.3. The highest BCUT2D eigenvalue weighted by atomic mass is 32.2. The van der Waals surface area contributed by atoms with E-state index in [1.807, 2.05) is 4.90 Å². The lowest BCUT2D eigenvalue weighted by molar-refractivity contribution is 0.122. The summed E-state index contributed by atoms with van der Waals surface area (Å²) >= 11 is 0. The smallest absolute Gasteiger partial charge is 0.259 e. The molecule has 0 aromatic carbocycles. The van der Waals surface area contributed by atoms with Gasteiger partial charge in [0.15, 0.2) is 6.23 Å². The quantitative estimate of drug-likeness (QED) is 0.552. The van der Waals surface area contributed by atoms with Gasteiger partial charge in [0.05, 0.1) is 18.9 Å². The lowest BCUT2D eigenvalue weighted by Crippen LogP contribution is -2.37. The number of ether oxygens (including phenoxy) is 1. The van der Waals surface area contributed by atoms with Crippen LogP contribution in [0.5, 0.6) is 0 Å². The molecule has 3 rings (SSSR count). The number of hydrogen-bond donors (Lipinski definition) is 2. The molecule has 1 unspecified atom stereocenters. The van der Waals surface area contributed by atoms with E-state index in [1.165, 1.54) is 6.20 Å². The molecule has 127 valence electrons. The maximum absolute atomic E-state index is 10.7. The summed E-state index contributed by atoms with van der Waals surface area (Å²) in [6, 6.07) is 3.43. The van der Waals surface area contributed by atoms with Gasteiger partial charge in [-0.3, -0.25) is 10.7 Å². The Hall–Kier alpha value is -2.14. The zero-order valence-electron chi connectivity index (χ0n) is 12.7. The van der Waals surface area contributed by atoms with E-state index in [0.29, 0.717) is 30.3 Å². The van der Waals surface area contributed by atoms with Crippen LogP contribution in [0.25, 0.3) is 11.1 Å². The van der Waals surface area contributed by atoms with E-state index < -0.39 is 17.2 Å². The van der Waals surface area contributed by atoms with Crippen molar-refractivity contribution < 1.29 is 17.3 Å². The summed E-state index contributed by atoms with van der Waals surface area (Å²) in [5.74, 6) is 0.565. The number of hydrogen-bond acceptors (Lipinski definition) is 9. The van der Waals surface area contributed by atoms with Crippen LogP contribution in [0.2, 0.25) is 0 Å². The molecule has 1 radical (unpaired) electrons. The number of nitrogens with zero attached hydrogens (tertiary/aromatic N) is 4. The minimum atomic E-state index is -3.08. The lowest BCUT2D eigenvalue weighted by atomic mass is 10.1. The lowest BCUT2D eigenvalue weighted by Gasteiger charge is -2.26. The molecule has 0 spiro atoms. The summed E-state index contributed by atoms with van der Waals surface area (Å²) in [5.41, 5.74) is 7.13. The average Bonchev–Trinajstić information content (AvgIpc) is 2.62. The van der Waals surface area contributed by atoms with Gasteiger partial charge in [-0.1, -0.05) is 6.07 Å². The molecule has 9 nitrogen and oxygen atoms in total. The van der Waals surface area contributed by atoms with E-state index in [-0.39, 0.29) is 5.69 Å². The molecule has 3 heterocycles. The number of rotatable bonds is 5. The molecule has 0 aliphatic carbocycles. The van der Waals surface area contributed by atoms with E-state index in [4.69, 9.17) is 10.5 Å². The van der Waals surface area contributed by atoms with Crippen molar-refractivity contribution in [3.05, 3.63) is 36.4 Å². The Morgan fingerprint density at radius 2 is 2.12 bits per heavy atom. The van der Waals surface area contributed by atoms with Gasteiger partial charge in [0, 0.05) is 36.6 Å². The fourth-order valence-corrected chi connectivity index (χ4v) is 2.64. The zero-order chi connectivity index (χ0) is 16.9. The van der Waals surface area contributed by atoms with Crippen LogP contribution in [-0.2, 0) is 19.9 Å². The van der Waals surface area contributed by atoms with Crippen LogP contribution in [0.15, 0.2) is 24.5 Å². The second kappa shape index (κ2) is 7.62. The van der Waals surface area contributed by atoms with Crippen LogP contribution < -0.4 is 10.6 Å². The predicted octanol–water partition coefficient (Wildman–Crippen LogP) is -0.324. The Bertz CT molecular complexity index is 754. The summed E-state index contributed by atoms with van der Waals surface area (Å²) in [7, 11) is -3.08. The SMILES string of the molecule is NC(O[SH](=O)=O)c1ncccc1-c1[c]nc(N2CCOCC2)nc1. The van der Waals surface area contributed by atoms with Crippen LogP contribution in [0, 0.1) is 6.20 Å². The molecule has 2 aromatic heterocycles. The molecule has 1 fully saturated rings. The molecular weight excluding hydrogens is 334 g/mol.